The van der Waals surface area contributed by atoms with Crippen LogP contribution in [0.1, 0.15) is 13.3 Å². The van der Waals surface area contributed by atoms with Crippen LogP contribution in [-0.2, 0) is 9.53 Å². The molecule has 4 nitrogen and oxygen atoms in total. The number of nitriles is 1. The van der Waals surface area contributed by atoms with Crippen LogP contribution in [0, 0.1) is 17.2 Å². The van der Waals surface area contributed by atoms with Gasteiger partial charge < -0.3 is 9.84 Å². The fourth-order valence-corrected chi connectivity index (χ4v) is 0.589. The summed E-state index contributed by atoms with van der Waals surface area (Å²) in [7, 11) is 0. The van der Waals surface area contributed by atoms with Crippen LogP contribution in [0.2, 0.25) is 0 Å². The van der Waals surface area contributed by atoms with E-state index in [0.29, 0.717) is 13.2 Å². The highest BCUT2D eigenvalue weighted by atomic mass is 16.5. The molecule has 0 amide bonds. The Labute approximate surface area is 65.4 Å². The predicted octanol–water partition coefficient (Wildman–Crippen LogP) is 0.637. The first-order chi connectivity index (χ1) is 5.22. The van der Waals surface area contributed by atoms with Crippen molar-refractivity contribution in [1.82, 2.24) is 0 Å². The van der Waals surface area contributed by atoms with Crippen molar-refractivity contribution in [3.8, 4) is 6.07 Å². The van der Waals surface area contributed by atoms with Gasteiger partial charge in [-0.15, -0.1) is 0 Å². The molecule has 0 aromatic heterocycles. The van der Waals surface area contributed by atoms with Gasteiger partial charge in [0.25, 0.3) is 0 Å². The zero-order valence-electron chi connectivity index (χ0n) is 6.41. The summed E-state index contributed by atoms with van der Waals surface area (Å²) in [6, 6.07) is 1.68. The molecule has 1 atom stereocenters. The Bertz CT molecular complexity index is 162. The van der Waals surface area contributed by atoms with E-state index in [1.165, 1.54) is 0 Å². The third-order valence-corrected chi connectivity index (χ3v) is 1.21. The molecule has 0 heterocycles. The molecule has 11 heavy (non-hydrogen) atoms. The molecule has 0 unspecified atom stereocenters. The highest BCUT2D eigenvalue weighted by Crippen LogP contribution is 2.01. The summed E-state index contributed by atoms with van der Waals surface area (Å²) < 4.78 is 4.90. The van der Waals surface area contributed by atoms with Gasteiger partial charge in [-0.1, -0.05) is 0 Å². The van der Waals surface area contributed by atoms with Gasteiger partial charge >= 0.3 is 5.97 Å². The summed E-state index contributed by atoms with van der Waals surface area (Å²) >= 11 is 0. The van der Waals surface area contributed by atoms with E-state index in [-0.39, 0.29) is 6.42 Å². The zero-order chi connectivity index (χ0) is 8.69. The zero-order valence-corrected chi connectivity index (χ0v) is 6.41. The molecule has 0 spiro atoms. The molecule has 0 fully saturated rings. The van der Waals surface area contributed by atoms with Gasteiger partial charge in [0.1, 0.15) is 5.92 Å². The maximum Gasteiger partial charge on any atom is 0.320 e. The van der Waals surface area contributed by atoms with Gasteiger partial charge in [-0.25, -0.2) is 0 Å². The number of hydrogen-bond acceptors (Lipinski definition) is 3. The largest absolute Gasteiger partial charge is 0.480 e. The maximum absolute atomic E-state index is 10.2. The molecular weight excluding hydrogens is 146 g/mol. The summed E-state index contributed by atoms with van der Waals surface area (Å²) in [6.45, 7) is 2.71. The number of carboxylic acids is 1. The lowest BCUT2D eigenvalue weighted by Gasteiger charge is -2.02. The lowest BCUT2D eigenvalue weighted by atomic mass is 10.1. The van der Waals surface area contributed by atoms with Crippen molar-refractivity contribution in [1.29, 1.82) is 5.26 Å². The van der Waals surface area contributed by atoms with Crippen molar-refractivity contribution < 1.29 is 14.6 Å². The Morgan fingerprint density at radius 3 is 2.82 bits per heavy atom. The fourth-order valence-electron chi connectivity index (χ4n) is 0.589. The predicted molar refractivity (Wildman–Crippen MR) is 37.8 cm³/mol. The highest BCUT2D eigenvalue weighted by Gasteiger charge is 2.15. The standard InChI is InChI=1S/C7H11NO3/c1-2-11-4-3-6(5-8)7(9)10/h6H,2-4H2,1H3,(H,9,10)/t6-/m0/s1. The molecule has 0 saturated carbocycles. The number of ether oxygens (including phenoxy) is 1. The number of nitrogens with zero attached hydrogens (tertiary/aromatic N) is 1. The summed E-state index contributed by atoms with van der Waals surface area (Å²) in [6.07, 6.45) is 0.264. The number of rotatable bonds is 5. The Balaban J connectivity index is 3.55. The molecule has 0 rings (SSSR count). The van der Waals surface area contributed by atoms with Gasteiger partial charge in [0, 0.05) is 13.2 Å². The Morgan fingerprint density at radius 2 is 2.45 bits per heavy atom. The van der Waals surface area contributed by atoms with Crippen LogP contribution < -0.4 is 0 Å². The molecule has 0 aliphatic carbocycles. The average Bonchev–Trinajstić information content (AvgIpc) is 1.97. The van der Waals surface area contributed by atoms with Crippen molar-refractivity contribution in [3.05, 3.63) is 0 Å². The Hall–Kier alpha value is -1.08. The summed E-state index contributed by atoms with van der Waals surface area (Å²) in [5.74, 6) is -2.01. The lowest BCUT2D eigenvalue weighted by molar-refractivity contribution is -0.140. The van der Waals surface area contributed by atoms with Crippen LogP contribution in [0.5, 0.6) is 0 Å². The smallest absolute Gasteiger partial charge is 0.320 e. The second kappa shape index (κ2) is 5.69. The molecule has 0 aliphatic rings. The van der Waals surface area contributed by atoms with Gasteiger partial charge in [-0.2, -0.15) is 5.26 Å². The maximum atomic E-state index is 10.2. The third-order valence-electron chi connectivity index (χ3n) is 1.21. The van der Waals surface area contributed by atoms with E-state index < -0.39 is 11.9 Å². The van der Waals surface area contributed by atoms with Gasteiger partial charge in [0.15, 0.2) is 0 Å². The molecule has 0 bridgehead atoms. The monoisotopic (exact) mass is 157 g/mol. The first-order valence-electron chi connectivity index (χ1n) is 3.42. The van der Waals surface area contributed by atoms with Crippen molar-refractivity contribution in [2.45, 2.75) is 13.3 Å². The van der Waals surface area contributed by atoms with Crippen LogP contribution in [0.3, 0.4) is 0 Å². The molecule has 0 aliphatic heterocycles. The topological polar surface area (TPSA) is 70.3 Å². The fraction of sp³-hybridized carbons (Fsp3) is 0.714. The summed E-state index contributed by atoms with van der Waals surface area (Å²) in [5.41, 5.74) is 0. The molecule has 4 heteroatoms. The van der Waals surface area contributed by atoms with Crippen molar-refractivity contribution in [3.63, 3.8) is 0 Å². The number of carbonyl (C=O) groups is 1. The van der Waals surface area contributed by atoms with Crippen LogP contribution in [0.25, 0.3) is 0 Å². The quantitative estimate of drug-likeness (QED) is 0.594. The van der Waals surface area contributed by atoms with Crippen molar-refractivity contribution >= 4 is 5.97 Å². The van der Waals surface area contributed by atoms with E-state index in [1.54, 1.807) is 6.07 Å². The van der Waals surface area contributed by atoms with E-state index in [0.717, 1.165) is 0 Å². The van der Waals surface area contributed by atoms with Gasteiger partial charge in [-0.05, 0) is 13.3 Å². The van der Waals surface area contributed by atoms with E-state index in [1.807, 2.05) is 6.92 Å². The van der Waals surface area contributed by atoms with Crippen molar-refractivity contribution in [2.75, 3.05) is 13.2 Å². The van der Waals surface area contributed by atoms with Crippen molar-refractivity contribution in [2.24, 2.45) is 5.92 Å². The summed E-state index contributed by atoms with van der Waals surface area (Å²) in [4.78, 5) is 10.2. The van der Waals surface area contributed by atoms with Crippen LogP contribution in [-0.4, -0.2) is 24.3 Å². The molecular formula is C7H11NO3. The molecule has 0 aromatic rings. The number of hydrogen-bond donors (Lipinski definition) is 1. The number of carboxylic acid groups (broad SMARTS) is 1. The van der Waals surface area contributed by atoms with E-state index >= 15 is 0 Å². The van der Waals surface area contributed by atoms with Gasteiger partial charge in [0.05, 0.1) is 6.07 Å². The second-order valence-corrected chi connectivity index (χ2v) is 2.01. The molecule has 62 valence electrons. The van der Waals surface area contributed by atoms with E-state index in [2.05, 4.69) is 0 Å². The SMILES string of the molecule is CCOCC[C@@H](C#N)C(=O)O. The molecule has 0 radical (unpaired) electrons. The van der Waals surface area contributed by atoms with Crippen LogP contribution >= 0.6 is 0 Å². The lowest BCUT2D eigenvalue weighted by Crippen LogP contribution is -2.13. The van der Waals surface area contributed by atoms with Gasteiger partial charge in [0.2, 0.25) is 0 Å². The normalized spacial score (nSPS) is 12.0. The molecule has 0 saturated heterocycles. The minimum Gasteiger partial charge on any atom is -0.480 e. The third kappa shape index (κ3) is 4.34. The molecule has 0 aromatic carbocycles. The second-order valence-electron chi connectivity index (χ2n) is 2.01. The molecule has 1 N–H and O–H groups in total. The van der Waals surface area contributed by atoms with Crippen LogP contribution in [0.4, 0.5) is 0 Å². The first kappa shape index (κ1) is 9.92. The minimum atomic E-state index is -1.08. The average molecular weight is 157 g/mol. The summed E-state index contributed by atoms with van der Waals surface area (Å²) in [5, 5.41) is 16.7. The Morgan fingerprint density at radius 1 is 1.82 bits per heavy atom. The van der Waals surface area contributed by atoms with Gasteiger partial charge in [-0.3, -0.25) is 4.79 Å². The van der Waals surface area contributed by atoms with E-state index in [9.17, 15) is 4.79 Å². The minimum absolute atomic E-state index is 0.264. The Kier molecular flexibility index (Phi) is 5.13. The van der Waals surface area contributed by atoms with Crippen LogP contribution in [0.15, 0.2) is 0 Å². The number of aliphatic carboxylic acids is 1. The first-order valence-corrected chi connectivity index (χ1v) is 3.42. The highest BCUT2D eigenvalue weighted by molar-refractivity contribution is 5.72. The van der Waals surface area contributed by atoms with E-state index in [4.69, 9.17) is 15.1 Å².